The van der Waals surface area contributed by atoms with Gasteiger partial charge in [0.25, 0.3) is 0 Å². The van der Waals surface area contributed by atoms with Crippen molar-refractivity contribution in [1.82, 2.24) is 0 Å². The standard InChI is InChI=1S/2C11H22O2.Zn/c2*1-3-5-6-7-9-10(8-4-2)11(12)13;/h2*10H,3-9H2,1-2H3,(H,12,13);. The van der Waals surface area contributed by atoms with Gasteiger partial charge >= 0.3 is 11.9 Å². The van der Waals surface area contributed by atoms with Crippen LogP contribution in [0.25, 0.3) is 0 Å². The fourth-order valence-corrected chi connectivity index (χ4v) is 3.11. The number of hydrogen-bond acceptors (Lipinski definition) is 2. The van der Waals surface area contributed by atoms with Crippen molar-refractivity contribution in [2.24, 2.45) is 11.8 Å². The molecule has 0 aliphatic carbocycles. The van der Waals surface area contributed by atoms with Gasteiger partial charge in [-0.15, -0.1) is 0 Å². The number of carboxylic acids is 2. The van der Waals surface area contributed by atoms with Gasteiger partial charge in [0.2, 0.25) is 0 Å². The Morgan fingerprint density at radius 1 is 0.556 bits per heavy atom. The third-order valence-electron chi connectivity index (χ3n) is 4.79. The monoisotopic (exact) mass is 436 g/mol. The average molecular weight is 438 g/mol. The molecule has 0 heterocycles. The smallest absolute Gasteiger partial charge is 0.306 e. The first-order valence-corrected chi connectivity index (χ1v) is 10.9. The molecule has 0 aromatic rings. The van der Waals surface area contributed by atoms with Crippen LogP contribution >= 0.6 is 0 Å². The normalized spacial score (nSPS) is 12.3. The maximum Gasteiger partial charge on any atom is 0.306 e. The minimum Gasteiger partial charge on any atom is -0.481 e. The molecular formula is C22H44O4Zn. The van der Waals surface area contributed by atoms with Gasteiger partial charge in [-0.05, 0) is 25.7 Å². The van der Waals surface area contributed by atoms with Crippen LogP contribution in [0, 0.1) is 11.8 Å². The summed E-state index contributed by atoms with van der Waals surface area (Å²) >= 11 is 0. The van der Waals surface area contributed by atoms with Gasteiger partial charge in [0.05, 0.1) is 11.8 Å². The molecule has 0 rings (SSSR count). The molecule has 0 amide bonds. The zero-order chi connectivity index (χ0) is 20.2. The van der Waals surface area contributed by atoms with Crippen molar-refractivity contribution in [3.05, 3.63) is 0 Å². The quantitative estimate of drug-likeness (QED) is 0.203. The molecule has 0 aliphatic rings. The number of aliphatic carboxylic acids is 2. The van der Waals surface area contributed by atoms with Crippen LogP contribution in [-0.4, -0.2) is 22.2 Å². The zero-order valence-electron chi connectivity index (χ0n) is 18.5. The maximum absolute atomic E-state index is 10.8. The van der Waals surface area contributed by atoms with E-state index in [4.69, 9.17) is 10.2 Å². The summed E-state index contributed by atoms with van der Waals surface area (Å²) in [5.74, 6) is -1.42. The van der Waals surface area contributed by atoms with Gasteiger partial charge < -0.3 is 10.2 Å². The minimum absolute atomic E-state index is 0. The molecule has 0 saturated carbocycles. The second kappa shape index (κ2) is 23.6. The Morgan fingerprint density at radius 2 is 0.889 bits per heavy atom. The molecule has 0 bridgehead atoms. The van der Waals surface area contributed by atoms with E-state index in [1.54, 1.807) is 0 Å². The molecule has 0 fully saturated rings. The molecular weight excluding hydrogens is 394 g/mol. The summed E-state index contributed by atoms with van der Waals surface area (Å²) < 4.78 is 0. The van der Waals surface area contributed by atoms with E-state index < -0.39 is 11.9 Å². The Balaban J connectivity index is -0.000000411. The first-order chi connectivity index (χ1) is 12.4. The Morgan fingerprint density at radius 3 is 1.11 bits per heavy atom. The summed E-state index contributed by atoms with van der Waals surface area (Å²) in [5.41, 5.74) is 0. The number of unbranched alkanes of at least 4 members (excludes halogenated alkanes) is 6. The molecule has 0 saturated heterocycles. The van der Waals surface area contributed by atoms with Crippen LogP contribution in [0.1, 0.15) is 118 Å². The van der Waals surface area contributed by atoms with Gasteiger partial charge in [-0.2, -0.15) is 0 Å². The Hall–Kier alpha value is -0.437. The largest absolute Gasteiger partial charge is 0.481 e. The molecule has 5 heteroatoms. The number of hydrogen-bond donors (Lipinski definition) is 2. The van der Waals surface area contributed by atoms with Gasteiger partial charge in [-0.25, -0.2) is 0 Å². The van der Waals surface area contributed by atoms with E-state index in [9.17, 15) is 9.59 Å². The van der Waals surface area contributed by atoms with Gasteiger partial charge in [0.15, 0.2) is 0 Å². The Labute approximate surface area is 180 Å². The fraction of sp³-hybridized carbons (Fsp3) is 0.909. The molecule has 0 aliphatic heterocycles. The number of carbonyl (C=O) groups is 2. The predicted molar refractivity (Wildman–Crippen MR) is 110 cm³/mol. The van der Waals surface area contributed by atoms with Crippen LogP contribution in [0.4, 0.5) is 0 Å². The van der Waals surface area contributed by atoms with Crippen LogP contribution in [0.2, 0.25) is 0 Å². The summed E-state index contributed by atoms with van der Waals surface area (Å²) in [6, 6.07) is 0. The molecule has 158 valence electrons. The van der Waals surface area contributed by atoms with E-state index >= 15 is 0 Å². The molecule has 2 unspecified atom stereocenters. The van der Waals surface area contributed by atoms with Crippen molar-refractivity contribution in [2.45, 2.75) is 118 Å². The maximum atomic E-state index is 10.8. The van der Waals surface area contributed by atoms with Crippen LogP contribution in [-0.2, 0) is 29.1 Å². The molecule has 0 aromatic carbocycles. The van der Waals surface area contributed by atoms with Crippen LogP contribution in [0.3, 0.4) is 0 Å². The molecule has 2 atom stereocenters. The third kappa shape index (κ3) is 21.7. The van der Waals surface area contributed by atoms with Gasteiger partial charge in [-0.1, -0.05) is 91.9 Å². The van der Waals surface area contributed by atoms with Crippen LogP contribution in [0.15, 0.2) is 0 Å². The minimum atomic E-state index is -0.613. The SMILES string of the molecule is CCCCCCC(CCC)C(=O)O.CCCCCCC(CCC)C(=O)O.[Zn]. The van der Waals surface area contributed by atoms with E-state index in [0.29, 0.717) is 0 Å². The summed E-state index contributed by atoms with van der Waals surface area (Å²) in [6.07, 6.45) is 14.8. The van der Waals surface area contributed by atoms with E-state index in [0.717, 1.165) is 51.4 Å². The van der Waals surface area contributed by atoms with Gasteiger partial charge in [0, 0.05) is 19.5 Å². The number of carboxylic acid groups (broad SMARTS) is 2. The molecule has 2 N–H and O–H groups in total. The Bertz CT molecular complexity index is 302. The summed E-state index contributed by atoms with van der Waals surface area (Å²) in [5, 5.41) is 17.7. The van der Waals surface area contributed by atoms with E-state index in [1.165, 1.54) is 38.5 Å². The van der Waals surface area contributed by atoms with Gasteiger partial charge in [0.1, 0.15) is 0 Å². The van der Waals surface area contributed by atoms with Gasteiger partial charge in [-0.3, -0.25) is 9.59 Å². The fourth-order valence-electron chi connectivity index (χ4n) is 3.11. The van der Waals surface area contributed by atoms with Crippen molar-refractivity contribution in [3.8, 4) is 0 Å². The van der Waals surface area contributed by atoms with E-state index in [-0.39, 0.29) is 31.3 Å². The van der Waals surface area contributed by atoms with Crippen molar-refractivity contribution in [3.63, 3.8) is 0 Å². The molecule has 0 radical (unpaired) electrons. The van der Waals surface area contributed by atoms with E-state index in [1.807, 2.05) is 13.8 Å². The number of rotatable bonds is 16. The zero-order valence-corrected chi connectivity index (χ0v) is 21.4. The first-order valence-electron chi connectivity index (χ1n) is 10.9. The van der Waals surface area contributed by atoms with Crippen molar-refractivity contribution < 1.29 is 39.3 Å². The van der Waals surface area contributed by atoms with Crippen LogP contribution in [0.5, 0.6) is 0 Å². The summed E-state index contributed by atoms with van der Waals surface area (Å²) in [6.45, 7) is 8.42. The first kappa shape index (κ1) is 31.3. The molecule has 0 spiro atoms. The average Bonchev–Trinajstić information content (AvgIpc) is 2.60. The van der Waals surface area contributed by atoms with E-state index in [2.05, 4.69) is 13.8 Å². The molecule has 0 aromatic heterocycles. The second-order valence-electron chi connectivity index (χ2n) is 7.35. The summed E-state index contributed by atoms with van der Waals surface area (Å²) in [4.78, 5) is 21.5. The van der Waals surface area contributed by atoms with Crippen molar-refractivity contribution >= 4 is 11.9 Å². The van der Waals surface area contributed by atoms with Crippen molar-refractivity contribution in [1.29, 1.82) is 0 Å². The molecule has 4 nitrogen and oxygen atoms in total. The van der Waals surface area contributed by atoms with Crippen LogP contribution < -0.4 is 0 Å². The molecule has 27 heavy (non-hydrogen) atoms. The van der Waals surface area contributed by atoms with Crippen molar-refractivity contribution in [2.75, 3.05) is 0 Å². The summed E-state index contributed by atoms with van der Waals surface area (Å²) in [7, 11) is 0. The third-order valence-corrected chi connectivity index (χ3v) is 4.79. The second-order valence-corrected chi connectivity index (χ2v) is 7.35. The predicted octanol–water partition coefficient (Wildman–Crippen LogP) is 6.91. The topological polar surface area (TPSA) is 74.6 Å². The Kier molecular flexibility index (Phi) is 27.3.